The van der Waals surface area contributed by atoms with Gasteiger partial charge in [-0.05, 0) is 20.3 Å². The minimum absolute atomic E-state index is 0.0164. The first-order valence-electron chi connectivity index (χ1n) is 5.04. The van der Waals surface area contributed by atoms with E-state index in [2.05, 4.69) is 5.32 Å². The minimum Gasteiger partial charge on any atom is -0.347 e. The maximum absolute atomic E-state index is 11.7. The van der Waals surface area contributed by atoms with Crippen LogP contribution in [0.2, 0.25) is 0 Å². The van der Waals surface area contributed by atoms with Gasteiger partial charge in [0.15, 0.2) is 0 Å². The Labute approximate surface area is 84.7 Å². The number of nitrogens with one attached hydrogen (secondary N) is 1. The van der Waals surface area contributed by atoms with Crippen molar-refractivity contribution < 1.29 is 9.59 Å². The van der Waals surface area contributed by atoms with E-state index in [-0.39, 0.29) is 23.9 Å². The molecule has 0 radical (unpaired) electrons. The van der Waals surface area contributed by atoms with E-state index in [1.165, 1.54) is 0 Å². The summed E-state index contributed by atoms with van der Waals surface area (Å²) < 4.78 is 0. The molecular weight excluding hydrogens is 180 g/mol. The smallest absolute Gasteiger partial charge is 0.242 e. The Balaban J connectivity index is 2.76. The SMILES string of the molecule is CCC(C)(C)N1CCC(=O)NCC1=O. The van der Waals surface area contributed by atoms with Gasteiger partial charge in [0, 0.05) is 18.5 Å². The molecule has 4 nitrogen and oxygen atoms in total. The van der Waals surface area contributed by atoms with Crippen molar-refractivity contribution in [2.45, 2.75) is 39.2 Å². The quantitative estimate of drug-likeness (QED) is 0.703. The fourth-order valence-corrected chi connectivity index (χ4v) is 1.53. The van der Waals surface area contributed by atoms with Crippen molar-refractivity contribution in [3.05, 3.63) is 0 Å². The van der Waals surface area contributed by atoms with Gasteiger partial charge in [-0.2, -0.15) is 0 Å². The van der Waals surface area contributed by atoms with Crippen LogP contribution >= 0.6 is 0 Å². The maximum Gasteiger partial charge on any atom is 0.242 e. The van der Waals surface area contributed by atoms with Gasteiger partial charge < -0.3 is 10.2 Å². The van der Waals surface area contributed by atoms with E-state index in [0.717, 1.165) is 6.42 Å². The average Bonchev–Trinajstić information content (AvgIpc) is 2.29. The summed E-state index contributed by atoms with van der Waals surface area (Å²) in [7, 11) is 0. The number of carbonyl (C=O) groups is 2. The van der Waals surface area contributed by atoms with Gasteiger partial charge in [-0.15, -0.1) is 0 Å². The lowest BCUT2D eigenvalue weighted by molar-refractivity contribution is -0.135. The van der Waals surface area contributed by atoms with E-state index >= 15 is 0 Å². The zero-order valence-electron chi connectivity index (χ0n) is 9.09. The molecule has 2 amide bonds. The van der Waals surface area contributed by atoms with Crippen LogP contribution in [-0.2, 0) is 9.59 Å². The molecule has 1 fully saturated rings. The molecule has 80 valence electrons. The molecule has 0 aromatic heterocycles. The summed E-state index contributed by atoms with van der Waals surface area (Å²) in [6.45, 7) is 6.78. The van der Waals surface area contributed by atoms with Crippen LogP contribution in [0, 0.1) is 0 Å². The topological polar surface area (TPSA) is 49.4 Å². The highest BCUT2D eigenvalue weighted by Crippen LogP contribution is 2.19. The molecule has 0 bridgehead atoms. The van der Waals surface area contributed by atoms with Crippen LogP contribution in [0.4, 0.5) is 0 Å². The van der Waals surface area contributed by atoms with Gasteiger partial charge in [-0.1, -0.05) is 6.92 Å². The van der Waals surface area contributed by atoms with Crippen LogP contribution in [0.15, 0.2) is 0 Å². The molecule has 1 heterocycles. The molecule has 1 rings (SSSR count). The first kappa shape index (κ1) is 11.0. The van der Waals surface area contributed by atoms with Gasteiger partial charge in [-0.25, -0.2) is 0 Å². The highest BCUT2D eigenvalue weighted by molar-refractivity contribution is 5.87. The lowest BCUT2D eigenvalue weighted by Gasteiger charge is -2.36. The van der Waals surface area contributed by atoms with Crippen LogP contribution in [0.5, 0.6) is 0 Å². The van der Waals surface area contributed by atoms with Gasteiger partial charge >= 0.3 is 0 Å². The largest absolute Gasteiger partial charge is 0.347 e. The fourth-order valence-electron chi connectivity index (χ4n) is 1.53. The van der Waals surface area contributed by atoms with Crippen LogP contribution in [0.25, 0.3) is 0 Å². The van der Waals surface area contributed by atoms with Crippen molar-refractivity contribution in [1.29, 1.82) is 0 Å². The Morgan fingerprint density at radius 3 is 2.64 bits per heavy atom. The molecule has 0 aliphatic carbocycles. The van der Waals surface area contributed by atoms with Crippen LogP contribution < -0.4 is 5.32 Å². The molecule has 4 heteroatoms. The van der Waals surface area contributed by atoms with Crippen molar-refractivity contribution in [2.24, 2.45) is 0 Å². The maximum atomic E-state index is 11.7. The Morgan fingerprint density at radius 2 is 2.07 bits per heavy atom. The molecule has 0 spiro atoms. The fraction of sp³-hybridized carbons (Fsp3) is 0.800. The number of hydrogen-bond donors (Lipinski definition) is 1. The normalized spacial score (nSPS) is 19.2. The lowest BCUT2D eigenvalue weighted by atomic mass is 9.99. The van der Waals surface area contributed by atoms with Gasteiger partial charge in [0.05, 0.1) is 6.54 Å². The van der Waals surface area contributed by atoms with Crippen molar-refractivity contribution in [3.8, 4) is 0 Å². The van der Waals surface area contributed by atoms with Crippen molar-refractivity contribution in [1.82, 2.24) is 10.2 Å². The molecule has 1 N–H and O–H groups in total. The summed E-state index contributed by atoms with van der Waals surface area (Å²) in [6, 6.07) is 0. The van der Waals surface area contributed by atoms with Gasteiger partial charge in [-0.3, -0.25) is 9.59 Å². The van der Waals surface area contributed by atoms with Crippen molar-refractivity contribution in [3.63, 3.8) is 0 Å². The molecular formula is C10H18N2O2. The zero-order valence-corrected chi connectivity index (χ0v) is 9.09. The number of amides is 2. The summed E-state index contributed by atoms with van der Waals surface area (Å²) in [5, 5.41) is 2.59. The van der Waals surface area contributed by atoms with E-state index < -0.39 is 0 Å². The van der Waals surface area contributed by atoms with Crippen LogP contribution in [-0.4, -0.2) is 35.3 Å². The highest BCUT2D eigenvalue weighted by atomic mass is 16.2. The number of carbonyl (C=O) groups excluding carboxylic acids is 2. The van der Waals surface area contributed by atoms with Crippen molar-refractivity contribution in [2.75, 3.05) is 13.1 Å². The lowest BCUT2D eigenvalue weighted by Crippen LogP contribution is -2.48. The number of nitrogens with zero attached hydrogens (tertiary/aromatic N) is 1. The number of rotatable bonds is 2. The second-order valence-corrected chi connectivity index (χ2v) is 4.24. The summed E-state index contributed by atoms with van der Waals surface area (Å²) in [6.07, 6.45) is 1.31. The average molecular weight is 198 g/mol. The van der Waals surface area contributed by atoms with E-state index in [1.807, 2.05) is 20.8 Å². The Kier molecular flexibility index (Phi) is 3.13. The summed E-state index contributed by atoms with van der Waals surface area (Å²) in [5.41, 5.74) is -0.149. The van der Waals surface area contributed by atoms with E-state index in [1.54, 1.807) is 4.90 Å². The Morgan fingerprint density at radius 1 is 1.43 bits per heavy atom. The Bertz CT molecular complexity index is 249. The van der Waals surface area contributed by atoms with Crippen LogP contribution in [0.3, 0.4) is 0 Å². The third-order valence-corrected chi connectivity index (χ3v) is 2.90. The Hall–Kier alpha value is -1.06. The van der Waals surface area contributed by atoms with Gasteiger partial charge in [0.25, 0.3) is 0 Å². The zero-order chi connectivity index (χ0) is 10.8. The first-order valence-corrected chi connectivity index (χ1v) is 5.04. The molecule has 1 aliphatic rings. The highest BCUT2D eigenvalue weighted by Gasteiger charge is 2.31. The standard InChI is InChI=1S/C10H18N2O2/c1-4-10(2,3)12-6-5-8(13)11-7-9(12)14/h4-7H2,1-3H3,(H,11,13). The van der Waals surface area contributed by atoms with Gasteiger partial charge in [0.1, 0.15) is 0 Å². The third kappa shape index (κ3) is 2.25. The molecule has 0 aromatic rings. The summed E-state index contributed by atoms with van der Waals surface area (Å²) >= 11 is 0. The predicted molar refractivity (Wildman–Crippen MR) is 53.7 cm³/mol. The number of hydrogen-bond acceptors (Lipinski definition) is 2. The van der Waals surface area contributed by atoms with E-state index in [4.69, 9.17) is 0 Å². The van der Waals surface area contributed by atoms with E-state index in [0.29, 0.717) is 13.0 Å². The molecule has 14 heavy (non-hydrogen) atoms. The monoisotopic (exact) mass is 198 g/mol. The molecule has 0 saturated carbocycles. The molecule has 0 atom stereocenters. The van der Waals surface area contributed by atoms with Crippen molar-refractivity contribution >= 4 is 11.8 Å². The predicted octanol–water partition coefficient (Wildman–Crippen LogP) is 0.523. The molecule has 0 aromatic carbocycles. The van der Waals surface area contributed by atoms with Crippen LogP contribution in [0.1, 0.15) is 33.6 Å². The molecule has 1 aliphatic heterocycles. The third-order valence-electron chi connectivity index (χ3n) is 2.90. The minimum atomic E-state index is -0.149. The summed E-state index contributed by atoms with van der Waals surface area (Å²) in [4.78, 5) is 24.6. The first-order chi connectivity index (χ1) is 6.47. The van der Waals surface area contributed by atoms with Gasteiger partial charge in [0.2, 0.25) is 11.8 Å². The second-order valence-electron chi connectivity index (χ2n) is 4.24. The second kappa shape index (κ2) is 3.98. The molecule has 0 unspecified atom stereocenters. The van der Waals surface area contributed by atoms with E-state index in [9.17, 15) is 9.59 Å². The molecule has 1 saturated heterocycles. The summed E-state index contributed by atoms with van der Waals surface area (Å²) in [5.74, 6) is -0.0181.